The Hall–Kier alpha value is -4.43. The van der Waals surface area contributed by atoms with Crippen LogP contribution in [0.15, 0.2) is 89.6 Å². The minimum Gasteiger partial charge on any atom is -0.459 e. The van der Waals surface area contributed by atoms with Crippen LogP contribution >= 0.6 is 11.6 Å². The van der Waals surface area contributed by atoms with E-state index in [9.17, 15) is 19.2 Å². The summed E-state index contributed by atoms with van der Waals surface area (Å²) < 4.78 is 5.18. The maximum atomic E-state index is 12.8. The molecular formula is C27H22ClN3O5. The number of hydrogen-bond acceptors (Lipinski definition) is 6. The summed E-state index contributed by atoms with van der Waals surface area (Å²) in [5.41, 5.74) is 1.94. The Morgan fingerprint density at radius 3 is 2.19 bits per heavy atom. The van der Waals surface area contributed by atoms with Crippen molar-refractivity contribution >= 4 is 52.4 Å². The second-order valence-corrected chi connectivity index (χ2v) is 8.54. The molecular weight excluding hydrogens is 482 g/mol. The predicted molar refractivity (Wildman–Crippen MR) is 137 cm³/mol. The first kappa shape index (κ1) is 24.7. The van der Waals surface area contributed by atoms with Crippen LogP contribution in [0, 0.1) is 0 Å². The molecule has 0 bridgehead atoms. The average molecular weight is 504 g/mol. The maximum Gasteiger partial charge on any atom is 0.338 e. The molecule has 4 rings (SSSR count). The Morgan fingerprint density at radius 1 is 0.833 bits per heavy atom. The van der Waals surface area contributed by atoms with Crippen LogP contribution in [0.5, 0.6) is 0 Å². The van der Waals surface area contributed by atoms with Gasteiger partial charge in [0.05, 0.1) is 17.4 Å². The van der Waals surface area contributed by atoms with Gasteiger partial charge in [0.1, 0.15) is 10.7 Å². The highest BCUT2D eigenvalue weighted by atomic mass is 35.5. The Balaban J connectivity index is 1.44. The number of rotatable bonds is 7. The molecule has 0 fully saturated rings. The number of carbonyl (C=O) groups excluding carboxylic acids is 4. The molecule has 0 atom stereocenters. The van der Waals surface area contributed by atoms with Crippen LogP contribution in [-0.4, -0.2) is 29.8 Å². The third-order valence-electron chi connectivity index (χ3n) is 5.16. The van der Waals surface area contributed by atoms with Gasteiger partial charge in [-0.05, 0) is 68.4 Å². The number of ether oxygens (including phenoxy) is 1. The normalized spacial score (nSPS) is 13.3. The Kier molecular flexibility index (Phi) is 7.17. The van der Waals surface area contributed by atoms with Gasteiger partial charge in [0.2, 0.25) is 0 Å². The molecule has 8 nitrogen and oxygen atoms in total. The molecule has 36 heavy (non-hydrogen) atoms. The number of halogens is 1. The molecule has 0 unspecified atom stereocenters. The molecule has 0 saturated heterocycles. The Morgan fingerprint density at radius 2 is 1.53 bits per heavy atom. The highest BCUT2D eigenvalue weighted by Crippen LogP contribution is 2.30. The van der Waals surface area contributed by atoms with Crippen LogP contribution < -0.4 is 15.5 Å². The first-order valence-corrected chi connectivity index (χ1v) is 11.5. The monoisotopic (exact) mass is 503 g/mol. The summed E-state index contributed by atoms with van der Waals surface area (Å²) in [5, 5.41) is 5.39. The number of imide groups is 1. The zero-order chi connectivity index (χ0) is 25.8. The van der Waals surface area contributed by atoms with Gasteiger partial charge in [0, 0.05) is 16.9 Å². The van der Waals surface area contributed by atoms with Crippen molar-refractivity contribution in [3.05, 3.63) is 101 Å². The third kappa shape index (κ3) is 5.29. The lowest BCUT2D eigenvalue weighted by Crippen LogP contribution is -2.32. The molecule has 1 heterocycles. The fourth-order valence-electron chi connectivity index (χ4n) is 3.48. The van der Waals surface area contributed by atoms with E-state index >= 15 is 0 Å². The highest BCUT2D eigenvalue weighted by molar-refractivity contribution is 6.53. The quantitative estimate of drug-likeness (QED) is 0.349. The van der Waals surface area contributed by atoms with Gasteiger partial charge < -0.3 is 15.4 Å². The number of carbonyl (C=O) groups is 4. The molecule has 0 radical (unpaired) electrons. The van der Waals surface area contributed by atoms with E-state index in [0.717, 1.165) is 4.90 Å². The molecule has 3 aromatic rings. The molecule has 0 spiro atoms. The van der Waals surface area contributed by atoms with Crippen LogP contribution in [0.1, 0.15) is 34.6 Å². The van der Waals surface area contributed by atoms with Crippen molar-refractivity contribution in [2.45, 2.75) is 20.0 Å². The van der Waals surface area contributed by atoms with Gasteiger partial charge >= 0.3 is 5.97 Å². The first-order chi connectivity index (χ1) is 17.2. The number of nitrogens with zero attached hydrogens (tertiary/aromatic N) is 1. The predicted octanol–water partition coefficient (Wildman–Crippen LogP) is 4.94. The van der Waals surface area contributed by atoms with E-state index in [1.54, 1.807) is 86.6 Å². The van der Waals surface area contributed by atoms with Crippen molar-refractivity contribution < 1.29 is 23.9 Å². The first-order valence-electron chi connectivity index (χ1n) is 11.1. The molecule has 182 valence electrons. The molecule has 0 aromatic heterocycles. The maximum absolute atomic E-state index is 12.8. The Bertz CT molecular complexity index is 1370. The highest BCUT2D eigenvalue weighted by Gasteiger charge is 2.38. The summed E-state index contributed by atoms with van der Waals surface area (Å²) in [7, 11) is 0. The van der Waals surface area contributed by atoms with Gasteiger partial charge in [-0.3, -0.25) is 14.4 Å². The molecule has 1 aliphatic heterocycles. The lowest BCUT2D eigenvalue weighted by Gasteiger charge is -2.15. The van der Waals surface area contributed by atoms with Gasteiger partial charge in [0.25, 0.3) is 17.7 Å². The van der Waals surface area contributed by atoms with E-state index < -0.39 is 23.7 Å². The lowest BCUT2D eigenvalue weighted by molar-refractivity contribution is -0.120. The zero-order valence-corrected chi connectivity index (χ0v) is 20.2. The fourth-order valence-corrected chi connectivity index (χ4v) is 3.69. The van der Waals surface area contributed by atoms with E-state index in [1.807, 2.05) is 0 Å². The number of hydrogen-bond donors (Lipinski definition) is 2. The molecule has 3 aromatic carbocycles. The van der Waals surface area contributed by atoms with Crippen molar-refractivity contribution in [3.8, 4) is 0 Å². The van der Waals surface area contributed by atoms with Gasteiger partial charge in [-0.2, -0.15) is 0 Å². The third-order valence-corrected chi connectivity index (χ3v) is 5.51. The van der Waals surface area contributed by atoms with Crippen LogP contribution in [0.25, 0.3) is 0 Å². The summed E-state index contributed by atoms with van der Waals surface area (Å²) >= 11 is 6.16. The summed E-state index contributed by atoms with van der Waals surface area (Å²) in [6, 6.07) is 21.2. The van der Waals surface area contributed by atoms with Crippen molar-refractivity contribution in [3.63, 3.8) is 0 Å². The summed E-state index contributed by atoms with van der Waals surface area (Å²) in [6.07, 6.45) is -0.257. The average Bonchev–Trinajstić information content (AvgIpc) is 3.07. The van der Waals surface area contributed by atoms with E-state index in [0.29, 0.717) is 28.2 Å². The number of anilines is 3. The van der Waals surface area contributed by atoms with Crippen molar-refractivity contribution in [2.24, 2.45) is 0 Å². The summed E-state index contributed by atoms with van der Waals surface area (Å²) in [4.78, 5) is 51.2. The zero-order valence-electron chi connectivity index (χ0n) is 19.4. The van der Waals surface area contributed by atoms with E-state index in [2.05, 4.69) is 10.6 Å². The van der Waals surface area contributed by atoms with Gasteiger partial charge in [-0.25, -0.2) is 9.69 Å². The topological polar surface area (TPSA) is 105 Å². The lowest BCUT2D eigenvalue weighted by atomic mass is 10.1. The second-order valence-electron chi connectivity index (χ2n) is 8.16. The fraction of sp³-hybridized carbons (Fsp3) is 0.111. The number of benzene rings is 3. The summed E-state index contributed by atoms with van der Waals surface area (Å²) in [6.45, 7) is 3.51. The SMILES string of the molecule is CC(C)OC(=O)c1cccc(NC(=O)c2ccc(NC3=C(Cl)C(=O)N(c4ccccc4)C3=O)cc2)c1. The van der Waals surface area contributed by atoms with Gasteiger partial charge in [-0.1, -0.05) is 35.9 Å². The van der Waals surface area contributed by atoms with E-state index in [-0.39, 0.29) is 16.8 Å². The van der Waals surface area contributed by atoms with Crippen molar-refractivity contribution in [1.29, 1.82) is 0 Å². The molecule has 0 saturated carbocycles. The summed E-state index contributed by atoms with van der Waals surface area (Å²) in [5.74, 6) is -2.06. The number of amides is 3. The van der Waals surface area contributed by atoms with Crippen LogP contribution in [0.4, 0.5) is 17.1 Å². The van der Waals surface area contributed by atoms with E-state index in [4.69, 9.17) is 16.3 Å². The smallest absolute Gasteiger partial charge is 0.338 e. The minimum atomic E-state index is -0.620. The standard InChI is InChI=1S/C27H22ClN3O5/c1-16(2)36-27(35)18-7-6-8-20(15-18)30-24(32)17-11-13-19(14-12-17)29-23-22(28)25(33)31(26(23)34)21-9-4-3-5-10-21/h3-16,29H,1-2H3,(H,30,32). The molecule has 0 aliphatic carbocycles. The van der Waals surface area contributed by atoms with Crippen LogP contribution in [0.3, 0.4) is 0 Å². The van der Waals surface area contributed by atoms with Crippen LogP contribution in [0.2, 0.25) is 0 Å². The molecule has 9 heteroatoms. The number of esters is 1. The van der Waals surface area contributed by atoms with Gasteiger partial charge in [0.15, 0.2) is 0 Å². The minimum absolute atomic E-state index is 0.0483. The second kappa shape index (κ2) is 10.5. The molecule has 3 amide bonds. The Labute approximate surface area is 212 Å². The van der Waals surface area contributed by atoms with E-state index in [1.165, 1.54) is 6.07 Å². The van der Waals surface area contributed by atoms with Crippen molar-refractivity contribution in [1.82, 2.24) is 0 Å². The molecule has 2 N–H and O–H groups in total. The van der Waals surface area contributed by atoms with Crippen LogP contribution in [-0.2, 0) is 14.3 Å². The van der Waals surface area contributed by atoms with Gasteiger partial charge in [-0.15, -0.1) is 0 Å². The number of para-hydroxylation sites is 1. The largest absolute Gasteiger partial charge is 0.459 e. The molecule has 1 aliphatic rings. The van der Waals surface area contributed by atoms with Crippen molar-refractivity contribution in [2.75, 3.05) is 15.5 Å². The number of nitrogens with one attached hydrogen (secondary N) is 2.